The molecule has 6 nitrogen and oxygen atoms in total. The summed E-state index contributed by atoms with van der Waals surface area (Å²) in [6, 6.07) is 12.3. The van der Waals surface area contributed by atoms with Crippen molar-refractivity contribution in [3.63, 3.8) is 0 Å². The Bertz CT molecular complexity index is 858. The number of benzene rings is 1. The third-order valence-corrected chi connectivity index (χ3v) is 4.58. The minimum absolute atomic E-state index is 0.0542. The van der Waals surface area contributed by atoms with Gasteiger partial charge in [-0.3, -0.25) is 14.4 Å². The van der Waals surface area contributed by atoms with Crippen molar-refractivity contribution in [2.75, 3.05) is 18.0 Å². The number of nitrogens with one attached hydrogen (secondary N) is 1. The van der Waals surface area contributed by atoms with Crippen LogP contribution in [0, 0.1) is 12.8 Å². The van der Waals surface area contributed by atoms with E-state index in [1.807, 2.05) is 30.3 Å². The van der Waals surface area contributed by atoms with Crippen LogP contribution in [0.15, 0.2) is 47.3 Å². The summed E-state index contributed by atoms with van der Waals surface area (Å²) in [7, 11) is 1.75. The zero-order chi connectivity index (χ0) is 18.0. The Morgan fingerprint density at radius 2 is 1.92 bits per heavy atom. The van der Waals surface area contributed by atoms with Crippen LogP contribution >= 0.6 is 0 Å². The van der Waals surface area contributed by atoms with Crippen molar-refractivity contribution in [1.82, 2.24) is 9.88 Å². The zero-order valence-corrected chi connectivity index (χ0v) is 14.4. The summed E-state index contributed by atoms with van der Waals surface area (Å²) in [5.74, 6) is -0.180. The molecule has 25 heavy (non-hydrogen) atoms. The van der Waals surface area contributed by atoms with Crippen LogP contribution in [0.3, 0.4) is 0 Å². The SMILES string of the molecule is Cc1cc(=O)cc(C(=O)NC[C@@H]2CC(=O)N(c3ccccc3)C2)n1C. The Kier molecular flexibility index (Phi) is 4.70. The highest BCUT2D eigenvalue weighted by Gasteiger charge is 2.30. The van der Waals surface area contributed by atoms with Crippen molar-refractivity contribution in [2.24, 2.45) is 13.0 Å². The van der Waals surface area contributed by atoms with Crippen molar-refractivity contribution in [2.45, 2.75) is 13.3 Å². The summed E-state index contributed by atoms with van der Waals surface area (Å²) in [4.78, 5) is 38.0. The number of amides is 2. The van der Waals surface area contributed by atoms with Gasteiger partial charge in [0.2, 0.25) is 5.91 Å². The molecule has 1 aromatic carbocycles. The molecular formula is C19H21N3O3. The molecule has 1 atom stereocenters. The molecule has 0 saturated carbocycles. The molecule has 1 aliphatic heterocycles. The second-order valence-electron chi connectivity index (χ2n) is 6.40. The van der Waals surface area contributed by atoms with E-state index in [0.717, 1.165) is 11.4 Å². The number of aromatic nitrogens is 1. The number of aryl methyl sites for hydroxylation is 1. The second kappa shape index (κ2) is 6.93. The third-order valence-electron chi connectivity index (χ3n) is 4.58. The number of pyridine rings is 1. The molecule has 2 amide bonds. The van der Waals surface area contributed by atoms with E-state index >= 15 is 0 Å². The van der Waals surface area contributed by atoms with Gasteiger partial charge in [0.05, 0.1) is 0 Å². The lowest BCUT2D eigenvalue weighted by molar-refractivity contribution is -0.117. The maximum atomic E-state index is 12.4. The molecule has 1 aromatic heterocycles. The molecule has 0 bridgehead atoms. The Morgan fingerprint density at radius 1 is 1.20 bits per heavy atom. The highest BCUT2D eigenvalue weighted by molar-refractivity contribution is 5.96. The molecule has 1 aliphatic rings. The summed E-state index contributed by atoms with van der Waals surface area (Å²) in [6.07, 6.45) is 0.405. The third kappa shape index (κ3) is 3.63. The van der Waals surface area contributed by atoms with Gasteiger partial charge in [-0.1, -0.05) is 18.2 Å². The lowest BCUT2D eigenvalue weighted by atomic mass is 10.1. The average Bonchev–Trinajstić information content (AvgIpc) is 2.97. The summed E-state index contributed by atoms with van der Waals surface area (Å²) in [5, 5.41) is 2.85. The van der Waals surface area contributed by atoms with E-state index in [4.69, 9.17) is 0 Å². The van der Waals surface area contributed by atoms with Crippen LogP contribution in [-0.4, -0.2) is 29.5 Å². The number of nitrogens with zero attached hydrogens (tertiary/aromatic N) is 2. The molecule has 2 aromatic rings. The summed E-state index contributed by atoms with van der Waals surface area (Å²) < 4.78 is 1.69. The predicted octanol–water partition coefficient (Wildman–Crippen LogP) is 1.48. The van der Waals surface area contributed by atoms with E-state index in [9.17, 15) is 14.4 Å². The highest BCUT2D eigenvalue weighted by Crippen LogP contribution is 2.24. The molecule has 3 rings (SSSR count). The number of anilines is 1. The van der Waals surface area contributed by atoms with E-state index < -0.39 is 0 Å². The highest BCUT2D eigenvalue weighted by atomic mass is 16.2. The first-order valence-corrected chi connectivity index (χ1v) is 8.27. The molecule has 0 unspecified atom stereocenters. The van der Waals surface area contributed by atoms with Gasteiger partial charge in [-0.2, -0.15) is 0 Å². The minimum atomic E-state index is -0.297. The van der Waals surface area contributed by atoms with Gasteiger partial charge in [-0.15, -0.1) is 0 Å². The number of carbonyl (C=O) groups is 2. The van der Waals surface area contributed by atoms with Crippen LogP contribution in [0.4, 0.5) is 5.69 Å². The summed E-state index contributed by atoms with van der Waals surface area (Å²) in [6.45, 7) is 2.76. The van der Waals surface area contributed by atoms with E-state index in [-0.39, 0.29) is 23.2 Å². The van der Waals surface area contributed by atoms with Gasteiger partial charge >= 0.3 is 0 Å². The topological polar surface area (TPSA) is 71.4 Å². The van der Waals surface area contributed by atoms with Crippen molar-refractivity contribution < 1.29 is 9.59 Å². The maximum absolute atomic E-state index is 12.4. The smallest absolute Gasteiger partial charge is 0.268 e. The van der Waals surface area contributed by atoms with Crippen molar-refractivity contribution in [3.05, 3.63) is 64.1 Å². The number of carbonyl (C=O) groups excluding carboxylic acids is 2. The Labute approximate surface area is 146 Å². The van der Waals surface area contributed by atoms with Crippen LogP contribution in [0.2, 0.25) is 0 Å². The van der Waals surface area contributed by atoms with Crippen molar-refractivity contribution in [1.29, 1.82) is 0 Å². The van der Waals surface area contributed by atoms with E-state index in [1.54, 1.807) is 23.4 Å². The lowest BCUT2D eigenvalue weighted by Gasteiger charge is -2.17. The number of rotatable bonds is 4. The van der Waals surface area contributed by atoms with Gasteiger partial charge < -0.3 is 14.8 Å². The van der Waals surface area contributed by atoms with Gasteiger partial charge in [0.1, 0.15) is 5.69 Å². The molecule has 0 aliphatic carbocycles. The molecule has 1 saturated heterocycles. The first-order valence-electron chi connectivity index (χ1n) is 8.27. The van der Waals surface area contributed by atoms with Crippen molar-refractivity contribution >= 4 is 17.5 Å². The van der Waals surface area contributed by atoms with E-state index in [2.05, 4.69) is 5.32 Å². The monoisotopic (exact) mass is 339 g/mol. The largest absolute Gasteiger partial charge is 0.350 e. The average molecular weight is 339 g/mol. The molecule has 6 heteroatoms. The Hall–Kier alpha value is -2.89. The second-order valence-corrected chi connectivity index (χ2v) is 6.40. The summed E-state index contributed by atoms with van der Waals surface area (Å²) >= 11 is 0. The number of hydrogen-bond donors (Lipinski definition) is 1. The maximum Gasteiger partial charge on any atom is 0.268 e. The van der Waals surface area contributed by atoms with Crippen LogP contribution in [0.5, 0.6) is 0 Å². The van der Waals surface area contributed by atoms with Crippen LogP contribution in [-0.2, 0) is 11.8 Å². The first kappa shape index (κ1) is 17.0. The lowest BCUT2D eigenvalue weighted by Crippen LogP contribution is -2.33. The molecule has 130 valence electrons. The van der Waals surface area contributed by atoms with Gasteiger partial charge in [0.25, 0.3) is 5.91 Å². The fourth-order valence-corrected chi connectivity index (χ4v) is 3.09. The van der Waals surface area contributed by atoms with Gasteiger partial charge in [0, 0.05) is 56.0 Å². The van der Waals surface area contributed by atoms with Crippen LogP contribution in [0.1, 0.15) is 22.6 Å². The molecular weight excluding hydrogens is 318 g/mol. The molecule has 1 N–H and O–H groups in total. The quantitative estimate of drug-likeness (QED) is 0.917. The first-order chi connectivity index (χ1) is 12.0. The predicted molar refractivity (Wildman–Crippen MR) is 95.7 cm³/mol. The summed E-state index contributed by atoms with van der Waals surface area (Å²) in [5.41, 5.74) is 1.74. The fraction of sp³-hybridized carbons (Fsp3) is 0.316. The Balaban J connectivity index is 1.64. The number of para-hydroxylation sites is 1. The molecule has 0 spiro atoms. The van der Waals surface area contributed by atoms with Crippen LogP contribution < -0.4 is 15.6 Å². The normalized spacial score (nSPS) is 17.0. The minimum Gasteiger partial charge on any atom is -0.350 e. The fourth-order valence-electron chi connectivity index (χ4n) is 3.09. The standard InChI is InChI=1S/C19H21N3O3/c1-13-8-16(23)10-17(21(13)2)19(25)20-11-14-9-18(24)22(12-14)15-6-4-3-5-7-15/h3-8,10,14H,9,11-12H2,1-2H3,(H,20,25)/t14-/m0/s1. The van der Waals surface area contributed by atoms with Gasteiger partial charge in [-0.05, 0) is 19.1 Å². The van der Waals surface area contributed by atoms with Crippen molar-refractivity contribution in [3.8, 4) is 0 Å². The van der Waals surface area contributed by atoms with Crippen LogP contribution in [0.25, 0.3) is 0 Å². The zero-order valence-electron chi connectivity index (χ0n) is 14.4. The van der Waals surface area contributed by atoms with Gasteiger partial charge in [0.15, 0.2) is 5.43 Å². The Morgan fingerprint density at radius 3 is 2.64 bits per heavy atom. The van der Waals surface area contributed by atoms with Gasteiger partial charge in [-0.25, -0.2) is 0 Å². The molecule has 1 fully saturated rings. The number of hydrogen-bond acceptors (Lipinski definition) is 3. The van der Waals surface area contributed by atoms with E-state index in [0.29, 0.717) is 25.2 Å². The van der Waals surface area contributed by atoms with E-state index in [1.165, 1.54) is 12.1 Å². The molecule has 2 heterocycles. The molecule has 0 radical (unpaired) electrons.